The maximum absolute atomic E-state index is 12.6. The smallest absolute Gasteiger partial charge is 0.234 e. The molecule has 0 fully saturated rings. The molecule has 0 atom stereocenters. The van der Waals surface area contributed by atoms with Crippen molar-refractivity contribution in [3.8, 4) is 0 Å². The van der Waals surface area contributed by atoms with Crippen LogP contribution in [0.25, 0.3) is 10.8 Å². The van der Waals surface area contributed by atoms with Gasteiger partial charge in [-0.25, -0.2) is 4.98 Å². The number of rotatable bonds is 7. The highest BCUT2D eigenvalue weighted by Gasteiger charge is 2.12. The molecule has 4 aromatic rings. The molecule has 0 spiro atoms. The van der Waals surface area contributed by atoms with E-state index in [1.54, 1.807) is 0 Å². The van der Waals surface area contributed by atoms with Gasteiger partial charge in [-0.05, 0) is 17.0 Å². The lowest BCUT2D eigenvalue weighted by atomic mass is 10.1. The minimum absolute atomic E-state index is 0.0915. The standard InChI is InChI=1S/C23H21N3O2S/c27-15-19-14-26(13-17-7-2-1-3-8-17)23(24-19)29-16-22(28)25-21-12-6-10-18-9-4-5-11-20(18)21/h1-12,14,27H,13,15-16H2,(H,25,28). The predicted molar refractivity (Wildman–Crippen MR) is 117 cm³/mol. The first-order valence-corrected chi connectivity index (χ1v) is 10.3. The van der Waals surface area contributed by atoms with Crippen molar-refractivity contribution in [2.24, 2.45) is 0 Å². The summed E-state index contributed by atoms with van der Waals surface area (Å²) in [6, 6.07) is 23.9. The van der Waals surface area contributed by atoms with Crippen LogP contribution in [0.4, 0.5) is 5.69 Å². The van der Waals surface area contributed by atoms with Gasteiger partial charge in [-0.2, -0.15) is 0 Å². The number of nitrogens with one attached hydrogen (secondary N) is 1. The maximum atomic E-state index is 12.6. The second-order valence-corrected chi connectivity index (χ2v) is 7.59. The van der Waals surface area contributed by atoms with Gasteiger partial charge in [-0.1, -0.05) is 78.5 Å². The normalized spacial score (nSPS) is 10.9. The summed E-state index contributed by atoms with van der Waals surface area (Å²) in [6.45, 7) is 0.513. The zero-order chi connectivity index (χ0) is 20.1. The van der Waals surface area contributed by atoms with E-state index in [2.05, 4.69) is 10.3 Å². The lowest BCUT2D eigenvalue weighted by Gasteiger charge is -2.10. The van der Waals surface area contributed by atoms with Crippen LogP contribution in [0.1, 0.15) is 11.3 Å². The molecular weight excluding hydrogens is 382 g/mol. The Bertz CT molecular complexity index is 1120. The Labute approximate surface area is 173 Å². The summed E-state index contributed by atoms with van der Waals surface area (Å²) in [5, 5.41) is 15.3. The SMILES string of the molecule is O=C(CSc1nc(CO)cn1Cc1ccccc1)Nc1cccc2ccccc12. The number of hydrogen-bond donors (Lipinski definition) is 2. The molecule has 0 bridgehead atoms. The minimum atomic E-state index is -0.127. The second kappa shape index (κ2) is 8.94. The fraction of sp³-hybridized carbons (Fsp3) is 0.130. The highest BCUT2D eigenvalue weighted by atomic mass is 32.2. The number of benzene rings is 3. The molecule has 0 aliphatic heterocycles. The Morgan fingerprint density at radius 3 is 2.59 bits per heavy atom. The topological polar surface area (TPSA) is 67.1 Å². The van der Waals surface area contributed by atoms with Gasteiger partial charge in [0, 0.05) is 23.8 Å². The number of carbonyl (C=O) groups is 1. The molecule has 5 nitrogen and oxygen atoms in total. The van der Waals surface area contributed by atoms with Gasteiger partial charge < -0.3 is 15.0 Å². The molecule has 0 radical (unpaired) electrons. The Morgan fingerprint density at radius 2 is 1.76 bits per heavy atom. The zero-order valence-corrected chi connectivity index (χ0v) is 16.6. The van der Waals surface area contributed by atoms with Crippen molar-refractivity contribution in [2.75, 3.05) is 11.1 Å². The molecule has 3 aromatic carbocycles. The van der Waals surface area contributed by atoms with E-state index >= 15 is 0 Å². The molecule has 0 saturated heterocycles. The molecule has 0 aliphatic carbocycles. The summed E-state index contributed by atoms with van der Waals surface area (Å²) in [5.41, 5.74) is 2.53. The first-order valence-electron chi connectivity index (χ1n) is 9.34. The molecule has 0 aliphatic rings. The molecule has 6 heteroatoms. The van der Waals surface area contributed by atoms with Gasteiger partial charge in [-0.15, -0.1) is 0 Å². The van der Waals surface area contributed by atoms with Crippen LogP contribution in [0.2, 0.25) is 0 Å². The number of aliphatic hydroxyl groups excluding tert-OH is 1. The van der Waals surface area contributed by atoms with Crippen molar-refractivity contribution in [3.63, 3.8) is 0 Å². The number of amides is 1. The van der Waals surface area contributed by atoms with Crippen LogP contribution in [-0.2, 0) is 17.9 Å². The van der Waals surface area contributed by atoms with E-state index in [0.29, 0.717) is 17.4 Å². The Balaban J connectivity index is 1.45. The third-order valence-electron chi connectivity index (χ3n) is 4.54. The summed E-state index contributed by atoms with van der Waals surface area (Å²) in [7, 11) is 0. The predicted octanol–water partition coefficient (Wildman–Crippen LogP) is 4.31. The number of aliphatic hydroxyl groups is 1. The van der Waals surface area contributed by atoms with Crippen LogP contribution in [0.15, 0.2) is 84.1 Å². The van der Waals surface area contributed by atoms with Gasteiger partial charge in [-0.3, -0.25) is 4.79 Å². The van der Waals surface area contributed by atoms with Crippen LogP contribution in [0.5, 0.6) is 0 Å². The summed E-state index contributed by atoms with van der Waals surface area (Å²) < 4.78 is 1.97. The van der Waals surface area contributed by atoms with Crippen LogP contribution in [-0.4, -0.2) is 26.3 Å². The summed E-state index contributed by atoms with van der Waals surface area (Å²) in [6.07, 6.45) is 1.83. The van der Waals surface area contributed by atoms with Crippen LogP contribution in [0, 0.1) is 0 Å². The zero-order valence-electron chi connectivity index (χ0n) is 15.8. The van der Waals surface area contributed by atoms with E-state index in [1.807, 2.05) is 83.6 Å². The third kappa shape index (κ3) is 4.67. The number of nitrogens with zero attached hydrogens (tertiary/aromatic N) is 2. The molecule has 4 rings (SSSR count). The van der Waals surface area contributed by atoms with Crippen molar-refractivity contribution < 1.29 is 9.90 Å². The largest absolute Gasteiger partial charge is 0.390 e. The van der Waals surface area contributed by atoms with E-state index in [9.17, 15) is 9.90 Å². The average Bonchev–Trinajstić information content (AvgIpc) is 3.15. The van der Waals surface area contributed by atoms with Gasteiger partial charge in [0.1, 0.15) is 0 Å². The Kier molecular flexibility index (Phi) is 5.93. The first kappa shape index (κ1) is 19.2. The fourth-order valence-corrected chi connectivity index (χ4v) is 3.98. The van der Waals surface area contributed by atoms with Gasteiger partial charge >= 0.3 is 0 Å². The molecule has 1 amide bonds. The number of aromatic nitrogens is 2. The molecule has 0 saturated carbocycles. The molecule has 146 valence electrons. The molecule has 0 unspecified atom stereocenters. The van der Waals surface area contributed by atoms with Gasteiger partial charge in [0.05, 0.1) is 18.1 Å². The van der Waals surface area contributed by atoms with E-state index in [0.717, 1.165) is 22.0 Å². The van der Waals surface area contributed by atoms with Gasteiger partial charge in [0.25, 0.3) is 0 Å². The molecule has 1 heterocycles. The highest BCUT2D eigenvalue weighted by Crippen LogP contribution is 2.24. The summed E-state index contributed by atoms with van der Waals surface area (Å²) in [5.74, 6) is 0.144. The van der Waals surface area contributed by atoms with Crippen molar-refractivity contribution in [3.05, 3.63) is 90.3 Å². The van der Waals surface area contributed by atoms with Crippen molar-refractivity contribution in [1.82, 2.24) is 9.55 Å². The Morgan fingerprint density at radius 1 is 1.00 bits per heavy atom. The van der Waals surface area contributed by atoms with Crippen LogP contribution >= 0.6 is 11.8 Å². The molecule has 1 aromatic heterocycles. The molecule has 2 N–H and O–H groups in total. The molecular formula is C23H21N3O2S. The lowest BCUT2D eigenvalue weighted by Crippen LogP contribution is -2.15. The van der Waals surface area contributed by atoms with Crippen molar-refractivity contribution in [1.29, 1.82) is 0 Å². The maximum Gasteiger partial charge on any atom is 0.234 e. The monoisotopic (exact) mass is 403 g/mol. The molecule has 29 heavy (non-hydrogen) atoms. The number of carbonyl (C=O) groups excluding carboxylic acids is 1. The lowest BCUT2D eigenvalue weighted by molar-refractivity contribution is -0.113. The van der Waals surface area contributed by atoms with E-state index < -0.39 is 0 Å². The highest BCUT2D eigenvalue weighted by molar-refractivity contribution is 7.99. The summed E-state index contributed by atoms with van der Waals surface area (Å²) >= 11 is 1.36. The second-order valence-electron chi connectivity index (χ2n) is 6.65. The number of thioether (sulfide) groups is 1. The Hall–Kier alpha value is -3.09. The quantitative estimate of drug-likeness (QED) is 0.451. The number of hydrogen-bond acceptors (Lipinski definition) is 4. The van der Waals surface area contributed by atoms with E-state index in [-0.39, 0.29) is 18.3 Å². The number of imidazole rings is 1. The third-order valence-corrected chi connectivity index (χ3v) is 5.53. The fourth-order valence-electron chi connectivity index (χ4n) is 3.19. The summed E-state index contributed by atoms with van der Waals surface area (Å²) in [4.78, 5) is 17.0. The number of anilines is 1. The van der Waals surface area contributed by atoms with Gasteiger partial charge in [0.15, 0.2) is 5.16 Å². The van der Waals surface area contributed by atoms with Crippen LogP contribution in [0.3, 0.4) is 0 Å². The first-order chi connectivity index (χ1) is 14.2. The average molecular weight is 404 g/mol. The number of fused-ring (bicyclic) bond motifs is 1. The van der Waals surface area contributed by atoms with E-state index in [4.69, 9.17) is 0 Å². The van der Waals surface area contributed by atoms with Crippen molar-refractivity contribution in [2.45, 2.75) is 18.3 Å². The van der Waals surface area contributed by atoms with Crippen LogP contribution < -0.4 is 5.32 Å². The van der Waals surface area contributed by atoms with E-state index in [1.165, 1.54) is 11.8 Å². The minimum Gasteiger partial charge on any atom is -0.390 e. The van der Waals surface area contributed by atoms with Gasteiger partial charge in [0.2, 0.25) is 5.91 Å². The van der Waals surface area contributed by atoms with Crippen molar-refractivity contribution >= 4 is 34.1 Å².